The van der Waals surface area contributed by atoms with Crippen molar-refractivity contribution in [2.45, 2.75) is 63.2 Å². The number of rotatable bonds is 6. The monoisotopic (exact) mass is 474 g/mol. The summed E-state index contributed by atoms with van der Waals surface area (Å²) in [5.41, 5.74) is 1.00. The third-order valence-electron chi connectivity index (χ3n) is 5.53. The highest BCUT2D eigenvalue weighted by atomic mass is 32.2. The van der Waals surface area contributed by atoms with Gasteiger partial charge in [0.25, 0.3) is 0 Å². The number of benzene rings is 2. The summed E-state index contributed by atoms with van der Waals surface area (Å²) in [7, 11) is -3.78. The number of fused-ring (bicyclic) bond motifs is 1. The van der Waals surface area contributed by atoms with Gasteiger partial charge in [-0.2, -0.15) is 4.31 Å². The molecule has 3 rings (SSSR count). The smallest absolute Gasteiger partial charge is 0.407 e. The number of carbonyl (C=O) groups is 1. The first-order valence-electron chi connectivity index (χ1n) is 11.3. The summed E-state index contributed by atoms with van der Waals surface area (Å²) in [6, 6.07) is 15.7. The lowest BCUT2D eigenvalue weighted by atomic mass is 10.00. The Labute approximate surface area is 196 Å². The predicted octanol–water partition coefficient (Wildman–Crippen LogP) is 3.37. The lowest BCUT2D eigenvalue weighted by molar-refractivity contribution is 0.0400. The van der Waals surface area contributed by atoms with Crippen molar-refractivity contribution in [3.05, 3.63) is 65.7 Å². The average molecular weight is 475 g/mol. The van der Waals surface area contributed by atoms with E-state index in [2.05, 4.69) is 5.32 Å². The van der Waals surface area contributed by atoms with Gasteiger partial charge in [0.2, 0.25) is 10.0 Å². The zero-order valence-electron chi connectivity index (χ0n) is 19.7. The molecule has 1 aliphatic rings. The molecule has 2 aromatic rings. The van der Waals surface area contributed by atoms with Crippen LogP contribution in [-0.4, -0.2) is 54.8 Å². The summed E-state index contributed by atoms with van der Waals surface area (Å²) in [5.74, 6) is 0.0852. The molecule has 2 N–H and O–H groups in total. The molecule has 2 aromatic carbocycles. The summed E-state index contributed by atoms with van der Waals surface area (Å²) in [5, 5.41) is 13.9. The van der Waals surface area contributed by atoms with Crippen molar-refractivity contribution in [1.29, 1.82) is 0 Å². The van der Waals surface area contributed by atoms with Crippen molar-refractivity contribution in [2.75, 3.05) is 13.1 Å². The van der Waals surface area contributed by atoms with Crippen LogP contribution >= 0.6 is 0 Å². The maximum Gasteiger partial charge on any atom is 0.407 e. The number of aliphatic hydroxyl groups excluding tert-OH is 1. The van der Waals surface area contributed by atoms with E-state index in [4.69, 9.17) is 4.74 Å². The van der Waals surface area contributed by atoms with Crippen molar-refractivity contribution in [2.24, 2.45) is 5.92 Å². The molecular formula is C25H34N2O5S. The molecule has 8 heteroatoms. The zero-order valence-corrected chi connectivity index (χ0v) is 20.5. The molecule has 1 aliphatic heterocycles. The summed E-state index contributed by atoms with van der Waals surface area (Å²) < 4.78 is 33.5. The molecule has 0 aliphatic carbocycles. The molecule has 0 fully saturated rings. The topological polar surface area (TPSA) is 95.9 Å². The van der Waals surface area contributed by atoms with E-state index in [1.807, 2.05) is 49.4 Å². The van der Waals surface area contributed by atoms with Gasteiger partial charge in [-0.3, -0.25) is 0 Å². The summed E-state index contributed by atoms with van der Waals surface area (Å²) in [6.45, 7) is 7.44. The Bertz CT molecular complexity index is 1050. The first-order chi connectivity index (χ1) is 15.5. The van der Waals surface area contributed by atoms with E-state index in [0.29, 0.717) is 19.4 Å². The average Bonchev–Trinajstić information content (AvgIpc) is 2.81. The Morgan fingerprint density at radius 2 is 1.79 bits per heavy atom. The fraction of sp³-hybridized carbons (Fsp3) is 0.480. The highest BCUT2D eigenvalue weighted by Crippen LogP contribution is 2.28. The van der Waals surface area contributed by atoms with Crippen molar-refractivity contribution in [3.63, 3.8) is 0 Å². The first kappa shape index (κ1) is 25.2. The molecule has 0 saturated heterocycles. The van der Waals surface area contributed by atoms with E-state index in [1.165, 1.54) is 4.31 Å². The number of hydrogen-bond acceptors (Lipinski definition) is 5. The van der Waals surface area contributed by atoms with E-state index in [-0.39, 0.29) is 17.4 Å². The van der Waals surface area contributed by atoms with Crippen molar-refractivity contribution >= 4 is 16.1 Å². The lowest BCUT2D eigenvalue weighted by Crippen LogP contribution is -2.51. The maximum atomic E-state index is 13.4. The maximum absolute atomic E-state index is 13.4. The number of carbonyl (C=O) groups excluding carboxylic acids is 1. The molecule has 3 atom stereocenters. The molecule has 0 bridgehead atoms. The lowest BCUT2D eigenvalue weighted by Gasteiger charge is -2.30. The molecular weight excluding hydrogens is 440 g/mol. The molecule has 33 heavy (non-hydrogen) atoms. The number of aliphatic hydroxyl groups is 1. The molecule has 0 saturated carbocycles. The van der Waals surface area contributed by atoms with Crippen LogP contribution in [0.2, 0.25) is 0 Å². The number of sulfonamides is 1. The van der Waals surface area contributed by atoms with Crippen molar-refractivity contribution in [1.82, 2.24) is 9.62 Å². The fourth-order valence-corrected chi connectivity index (χ4v) is 5.88. The van der Waals surface area contributed by atoms with E-state index in [9.17, 15) is 18.3 Å². The molecule has 0 radical (unpaired) electrons. The van der Waals surface area contributed by atoms with Gasteiger partial charge < -0.3 is 15.2 Å². The minimum absolute atomic E-state index is 0.0852. The van der Waals surface area contributed by atoms with Gasteiger partial charge >= 0.3 is 6.09 Å². The molecule has 0 aromatic heterocycles. The van der Waals surface area contributed by atoms with Crippen LogP contribution in [0.1, 0.15) is 38.8 Å². The number of alkyl carbamates (subject to hydrolysis) is 1. The quantitative estimate of drug-likeness (QED) is 0.669. The van der Waals surface area contributed by atoms with Crippen LogP contribution in [0.15, 0.2) is 59.5 Å². The van der Waals surface area contributed by atoms with E-state index < -0.39 is 33.9 Å². The number of β-amino-alcohol motifs (C(OH)–C–C–N with tert-alkyl or cyclic N) is 1. The third-order valence-corrected chi connectivity index (χ3v) is 7.46. The standard InChI is InChI=1S/C25H34N2O5S/c1-18-14-20-12-8-9-13-23(20)33(30,31)27(16-18)17-22(28)21(15-19-10-6-5-7-11-19)26-24(29)32-25(2,3)4/h5-13,18,21-22,28H,14-17H2,1-4H3,(H,26,29)/t18-,21+,22-/m1/s1. The second-order valence-corrected chi connectivity index (χ2v) is 11.7. The number of nitrogens with zero attached hydrogens (tertiary/aromatic N) is 1. The van der Waals surface area contributed by atoms with Crippen LogP contribution in [0, 0.1) is 5.92 Å². The highest BCUT2D eigenvalue weighted by Gasteiger charge is 2.35. The Hall–Kier alpha value is -2.42. The number of amides is 1. The van der Waals surface area contributed by atoms with Gasteiger partial charge in [-0.05, 0) is 56.7 Å². The molecule has 1 amide bonds. The van der Waals surface area contributed by atoms with Crippen LogP contribution in [0.4, 0.5) is 4.79 Å². The third kappa shape index (κ3) is 6.79. The largest absolute Gasteiger partial charge is 0.444 e. The van der Waals surface area contributed by atoms with E-state index in [1.54, 1.807) is 32.9 Å². The highest BCUT2D eigenvalue weighted by molar-refractivity contribution is 7.89. The first-order valence-corrected chi connectivity index (χ1v) is 12.7. The Morgan fingerprint density at radius 1 is 1.15 bits per heavy atom. The van der Waals surface area contributed by atoms with Crippen molar-refractivity contribution < 1.29 is 23.1 Å². The Kier molecular flexibility index (Phi) is 7.82. The van der Waals surface area contributed by atoms with Crippen LogP contribution in [0.25, 0.3) is 0 Å². The van der Waals surface area contributed by atoms with Gasteiger partial charge in [-0.15, -0.1) is 0 Å². The van der Waals surface area contributed by atoms with Gasteiger partial charge in [0.15, 0.2) is 0 Å². The second kappa shape index (κ2) is 10.2. The molecule has 0 spiro atoms. The number of nitrogens with one attached hydrogen (secondary N) is 1. The Balaban J connectivity index is 1.84. The zero-order chi connectivity index (χ0) is 24.2. The van der Waals surface area contributed by atoms with Crippen LogP contribution in [0.5, 0.6) is 0 Å². The molecule has 1 heterocycles. The van der Waals surface area contributed by atoms with Gasteiger partial charge in [-0.25, -0.2) is 13.2 Å². The van der Waals surface area contributed by atoms with Gasteiger partial charge in [0, 0.05) is 13.1 Å². The molecule has 180 valence electrons. The minimum atomic E-state index is -3.78. The molecule has 0 unspecified atom stereocenters. The van der Waals surface area contributed by atoms with Crippen LogP contribution in [-0.2, 0) is 27.6 Å². The van der Waals surface area contributed by atoms with Crippen molar-refractivity contribution in [3.8, 4) is 0 Å². The van der Waals surface area contributed by atoms with Crippen LogP contribution < -0.4 is 5.32 Å². The van der Waals surface area contributed by atoms with E-state index in [0.717, 1.165) is 11.1 Å². The van der Waals surface area contributed by atoms with Gasteiger partial charge in [0.1, 0.15) is 5.60 Å². The van der Waals surface area contributed by atoms with Gasteiger partial charge in [-0.1, -0.05) is 55.5 Å². The Morgan fingerprint density at radius 3 is 2.45 bits per heavy atom. The molecule has 7 nitrogen and oxygen atoms in total. The van der Waals surface area contributed by atoms with Crippen LogP contribution in [0.3, 0.4) is 0 Å². The summed E-state index contributed by atoms with van der Waals surface area (Å²) >= 11 is 0. The summed E-state index contributed by atoms with van der Waals surface area (Å²) in [6.07, 6.45) is -0.808. The number of hydrogen-bond donors (Lipinski definition) is 2. The normalized spacial score (nSPS) is 20.2. The summed E-state index contributed by atoms with van der Waals surface area (Å²) in [4.78, 5) is 12.8. The number of ether oxygens (including phenoxy) is 1. The predicted molar refractivity (Wildman–Crippen MR) is 127 cm³/mol. The second-order valence-electron chi connectivity index (χ2n) is 9.75. The SMILES string of the molecule is C[C@@H]1Cc2ccccc2S(=O)(=O)N(C[C@@H](O)[C@H](Cc2ccccc2)NC(=O)OC(C)(C)C)C1. The van der Waals surface area contributed by atoms with Gasteiger partial charge in [0.05, 0.1) is 17.0 Å². The van der Waals surface area contributed by atoms with E-state index >= 15 is 0 Å². The minimum Gasteiger partial charge on any atom is -0.444 e. The fourth-order valence-electron chi connectivity index (χ4n) is 4.07.